The minimum Gasteiger partial charge on any atom is -0.350 e. The van der Waals surface area contributed by atoms with Crippen LogP contribution in [0.1, 0.15) is 52.1 Å². The molecule has 0 saturated carbocycles. The van der Waals surface area contributed by atoms with Gasteiger partial charge in [-0.2, -0.15) is 0 Å². The molecule has 0 radical (unpaired) electrons. The van der Waals surface area contributed by atoms with Gasteiger partial charge in [0.1, 0.15) is 0 Å². The van der Waals surface area contributed by atoms with Gasteiger partial charge in [-0.25, -0.2) is 0 Å². The van der Waals surface area contributed by atoms with Crippen LogP contribution in [0, 0.1) is 0 Å². The van der Waals surface area contributed by atoms with Crippen LogP contribution in [0.15, 0.2) is 72.8 Å². The maximum Gasteiger partial charge on any atom is 0.157 e. The van der Waals surface area contributed by atoms with Gasteiger partial charge >= 0.3 is 0 Å². The highest BCUT2D eigenvalue weighted by atomic mass is 16.7. The van der Waals surface area contributed by atoms with E-state index in [1.807, 2.05) is 0 Å². The molecule has 2 heteroatoms. The van der Waals surface area contributed by atoms with Gasteiger partial charge in [0.05, 0.1) is 13.2 Å². The lowest BCUT2D eigenvalue weighted by molar-refractivity contribution is -0.0482. The van der Waals surface area contributed by atoms with Crippen molar-refractivity contribution in [1.82, 2.24) is 0 Å². The Morgan fingerprint density at radius 2 is 1.15 bits per heavy atom. The molecule has 1 heterocycles. The number of hydrogen-bond acceptors (Lipinski definition) is 2. The van der Waals surface area contributed by atoms with Gasteiger partial charge in [0.2, 0.25) is 0 Å². The molecule has 3 aliphatic carbocycles. The van der Waals surface area contributed by atoms with Crippen LogP contribution >= 0.6 is 0 Å². The van der Waals surface area contributed by atoms with Gasteiger partial charge in [-0.15, -0.1) is 0 Å². The van der Waals surface area contributed by atoms with E-state index in [-0.39, 0.29) is 6.29 Å². The summed E-state index contributed by atoms with van der Waals surface area (Å²) in [5, 5.41) is 0. The molecule has 4 aromatic carbocycles. The van der Waals surface area contributed by atoms with Crippen LogP contribution in [0.5, 0.6) is 0 Å². The zero-order valence-electron chi connectivity index (χ0n) is 19.1. The predicted molar refractivity (Wildman–Crippen MR) is 135 cm³/mol. The standard InChI is InChI=1S/C32H26O2/c1-3-9-21-19(7-1)17-27-29(21)26-18-20-8-2-4-10-22(20)30(26)32-25(13-14-28-33-15-16-34-28)23-11-5-6-12-24(23)31(27)32/h1-12,25,28H,13-18H2. The Balaban J connectivity index is 1.41. The quantitative estimate of drug-likeness (QED) is 0.291. The van der Waals surface area contributed by atoms with E-state index in [1.54, 1.807) is 16.7 Å². The van der Waals surface area contributed by atoms with Crippen molar-refractivity contribution in [2.24, 2.45) is 0 Å². The molecule has 166 valence electrons. The predicted octanol–water partition coefficient (Wildman–Crippen LogP) is 7.09. The first kappa shape index (κ1) is 19.1. The van der Waals surface area contributed by atoms with E-state index in [1.165, 1.54) is 50.1 Å². The van der Waals surface area contributed by atoms with E-state index < -0.39 is 0 Å². The van der Waals surface area contributed by atoms with E-state index in [9.17, 15) is 0 Å². The monoisotopic (exact) mass is 442 g/mol. The second kappa shape index (κ2) is 7.15. The van der Waals surface area contributed by atoms with Crippen LogP contribution < -0.4 is 0 Å². The Bertz CT molecular complexity index is 1450. The van der Waals surface area contributed by atoms with Gasteiger partial charge in [-0.05, 0) is 92.4 Å². The average molecular weight is 443 g/mol. The van der Waals surface area contributed by atoms with E-state index in [2.05, 4.69) is 72.8 Å². The van der Waals surface area contributed by atoms with E-state index >= 15 is 0 Å². The molecule has 1 fully saturated rings. The Hall–Kier alpha value is -3.20. The summed E-state index contributed by atoms with van der Waals surface area (Å²) >= 11 is 0. The zero-order chi connectivity index (χ0) is 22.2. The lowest BCUT2D eigenvalue weighted by Crippen LogP contribution is -2.10. The number of hydrogen-bond donors (Lipinski definition) is 0. The van der Waals surface area contributed by atoms with Gasteiger partial charge in [-0.3, -0.25) is 0 Å². The van der Waals surface area contributed by atoms with Crippen molar-refractivity contribution in [3.63, 3.8) is 0 Å². The van der Waals surface area contributed by atoms with Crippen LogP contribution in [0.4, 0.5) is 0 Å². The minimum absolute atomic E-state index is 0.0600. The first-order chi connectivity index (χ1) is 16.9. The molecule has 34 heavy (non-hydrogen) atoms. The highest BCUT2D eigenvalue weighted by Crippen LogP contribution is 2.60. The van der Waals surface area contributed by atoms with Gasteiger partial charge in [0.25, 0.3) is 0 Å². The third-order valence-corrected chi connectivity index (χ3v) is 8.39. The summed E-state index contributed by atoms with van der Waals surface area (Å²) in [4.78, 5) is 0. The zero-order valence-corrected chi connectivity index (χ0v) is 19.1. The summed E-state index contributed by atoms with van der Waals surface area (Å²) in [7, 11) is 0. The highest BCUT2D eigenvalue weighted by molar-refractivity contribution is 6.01. The smallest absolute Gasteiger partial charge is 0.157 e. The topological polar surface area (TPSA) is 18.5 Å². The SMILES string of the molecule is c1ccc2c(c1)Cc1c-2c2c(c3c1-c1ccccc1C3CCC1OCCO1)-c1ccccc1C2. The molecule has 4 aromatic rings. The minimum atomic E-state index is -0.0600. The summed E-state index contributed by atoms with van der Waals surface area (Å²) in [6.07, 6.45) is 4.00. The van der Waals surface area contributed by atoms with Crippen molar-refractivity contribution in [1.29, 1.82) is 0 Å². The lowest BCUT2D eigenvalue weighted by Gasteiger charge is -2.22. The van der Waals surface area contributed by atoms with Crippen LogP contribution in [0.2, 0.25) is 0 Å². The molecule has 4 aliphatic rings. The van der Waals surface area contributed by atoms with Gasteiger partial charge < -0.3 is 9.47 Å². The second-order valence-electron chi connectivity index (χ2n) is 10.1. The second-order valence-corrected chi connectivity index (χ2v) is 10.1. The Labute approximate surface area is 200 Å². The van der Waals surface area contributed by atoms with Crippen molar-refractivity contribution in [2.45, 2.75) is 37.9 Å². The number of rotatable bonds is 3. The first-order valence-corrected chi connectivity index (χ1v) is 12.6. The Morgan fingerprint density at radius 1 is 0.588 bits per heavy atom. The molecule has 8 rings (SSSR count). The molecular formula is C32H26O2. The number of benzene rings is 4. The summed E-state index contributed by atoms with van der Waals surface area (Å²) in [6.45, 7) is 1.44. The molecule has 1 unspecified atom stereocenters. The lowest BCUT2D eigenvalue weighted by atomic mass is 9.82. The fourth-order valence-corrected chi connectivity index (χ4v) is 7.10. The highest BCUT2D eigenvalue weighted by Gasteiger charge is 2.40. The van der Waals surface area contributed by atoms with Crippen molar-refractivity contribution >= 4 is 0 Å². The molecule has 2 nitrogen and oxygen atoms in total. The maximum atomic E-state index is 5.83. The van der Waals surface area contributed by atoms with Crippen LogP contribution in [-0.2, 0) is 22.3 Å². The third kappa shape index (κ3) is 2.53. The van der Waals surface area contributed by atoms with Crippen LogP contribution in [0.3, 0.4) is 0 Å². The van der Waals surface area contributed by atoms with Crippen molar-refractivity contribution < 1.29 is 9.47 Å². The van der Waals surface area contributed by atoms with Gasteiger partial charge in [0.15, 0.2) is 6.29 Å². The van der Waals surface area contributed by atoms with Crippen LogP contribution in [0.25, 0.3) is 33.4 Å². The molecule has 1 saturated heterocycles. The van der Waals surface area contributed by atoms with Gasteiger partial charge in [0, 0.05) is 5.92 Å². The fourth-order valence-electron chi connectivity index (χ4n) is 7.10. The molecular weight excluding hydrogens is 416 g/mol. The normalized spacial score (nSPS) is 18.9. The molecule has 0 aromatic heterocycles. The number of ether oxygens (including phenoxy) is 2. The Morgan fingerprint density at radius 3 is 1.85 bits per heavy atom. The summed E-state index contributed by atoms with van der Waals surface area (Å²) in [5.74, 6) is 0.382. The van der Waals surface area contributed by atoms with E-state index in [0.29, 0.717) is 5.92 Å². The molecule has 0 spiro atoms. The van der Waals surface area contributed by atoms with Crippen molar-refractivity contribution in [2.75, 3.05) is 13.2 Å². The maximum absolute atomic E-state index is 5.83. The van der Waals surface area contributed by atoms with Crippen molar-refractivity contribution in [3.05, 3.63) is 106 Å². The number of fused-ring (bicyclic) bond motifs is 12. The van der Waals surface area contributed by atoms with Gasteiger partial charge in [-0.1, -0.05) is 72.8 Å². The molecule has 0 N–H and O–H groups in total. The Kier molecular flexibility index (Phi) is 4.03. The largest absolute Gasteiger partial charge is 0.350 e. The fraction of sp³-hybridized carbons (Fsp3) is 0.250. The molecule has 0 bridgehead atoms. The molecule has 1 aliphatic heterocycles. The summed E-state index contributed by atoms with van der Waals surface area (Å²) in [5.41, 5.74) is 17.9. The average Bonchev–Trinajstić information content (AvgIpc) is 3.64. The van der Waals surface area contributed by atoms with E-state index in [4.69, 9.17) is 9.47 Å². The summed E-state index contributed by atoms with van der Waals surface area (Å²) in [6, 6.07) is 27.3. The molecule has 0 amide bonds. The summed E-state index contributed by atoms with van der Waals surface area (Å²) < 4.78 is 11.7. The van der Waals surface area contributed by atoms with Crippen molar-refractivity contribution in [3.8, 4) is 33.4 Å². The van der Waals surface area contributed by atoms with E-state index in [0.717, 1.165) is 38.9 Å². The third-order valence-electron chi connectivity index (χ3n) is 8.39. The van der Waals surface area contributed by atoms with Crippen LogP contribution in [-0.4, -0.2) is 19.5 Å². The molecule has 1 atom stereocenters. The first-order valence-electron chi connectivity index (χ1n) is 12.6.